The number of phosphoric ester groups is 1. The van der Waals surface area contributed by atoms with Gasteiger partial charge >= 0.3 is 11.9 Å². The highest BCUT2D eigenvalue weighted by Gasteiger charge is 2.21. The molecule has 0 aromatic carbocycles. The van der Waals surface area contributed by atoms with E-state index in [0.717, 1.165) is 57.8 Å². The van der Waals surface area contributed by atoms with Gasteiger partial charge in [-0.1, -0.05) is 142 Å². The number of unbranched alkanes of at least 4 members (excludes halogenated alkanes) is 7. The third kappa shape index (κ3) is 44.5. The summed E-state index contributed by atoms with van der Waals surface area (Å²) >= 11 is 0. The predicted molar refractivity (Wildman–Crippen MR) is 251 cm³/mol. The molecule has 61 heavy (non-hydrogen) atoms. The molecule has 0 heterocycles. The lowest BCUT2D eigenvalue weighted by atomic mass is 10.1. The molecule has 0 radical (unpaired) electrons. The third-order valence-corrected chi connectivity index (χ3v) is 9.90. The topological polar surface area (TPSA) is 131 Å². The van der Waals surface area contributed by atoms with E-state index >= 15 is 0 Å². The van der Waals surface area contributed by atoms with Crippen molar-refractivity contribution in [1.29, 1.82) is 0 Å². The number of hydrogen-bond acceptors (Lipinski definition) is 9. The van der Waals surface area contributed by atoms with Gasteiger partial charge in [-0.2, -0.15) is 0 Å². The molecule has 0 saturated carbocycles. The number of aliphatic hydroxyl groups excluding tert-OH is 1. The molecule has 0 aliphatic heterocycles. The second-order valence-electron chi connectivity index (χ2n) is 15.9. The van der Waals surface area contributed by atoms with Gasteiger partial charge in [0.25, 0.3) is 7.82 Å². The normalized spacial score (nSPS) is 15.1. The van der Waals surface area contributed by atoms with E-state index in [2.05, 4.69) is 79.8 Å². The molecule has 0 bridgehead atoms. The maximum atomic E-state index is 12.7. The minimum atomic E-state index is -4.67. The van der Waals surface area contributed by atoms with E-state index in [1.165, 1.54) is 25.7 Å². The fourth-order valence-corrected chi connectivity index (χ4v) is 5.94. The Morgan fingerprint density at radius 1 is 0.607 bits per heavy atom. The summed E-state index contributed by atoms with van der Waals surface area (Å²) in [6.45, 7) is 3.72. The van der Waals surface area contributed by atoms with Gasteiger partial charge in [0, 0.05) is 12.8 Å². The van der Waals surface area contributed by atoms with Crippen LogP contribution in [0.5, 0.6) is 0 Å². The van der Waals surface area contributed by atoms with Crippen molar-refractivity contribution in [2.24, 2.45) is 0 Å². The Morgan fingerprint density at radius 2 is 1.10 bits per heavy atom. The summed E-state index contributed by atoms with van der Waals surface area (Å²) < 4.78 is 33.8. The number of esters is 2. The molecule has 346 valence electrons. The average Bonchev–Trinajstić information content (AvgIpc) is 3.21. The summed E-state index contributed by atoms with van der Waals surface area (Å²) in [5.74, 6) is -0.971. The second kappa shape index (κ2) is 40.7. The van der Waals surface area contributed by atoms with E-state index in [9.17, 15) is 24.2 Å². The monoisotopic (exact) mass is 872 g/mol. The number of ether oxygens (including phenoxy) is 2. The molecule has 0 aliphatic rings. The number of allylic oxidation sites excluding steroid dienone is 17. The van der Waals surface area contributed by atoms with Crippen molar-refractivity contribution in [2.75, 3.05) is 47.5 Å². The lowest BCUT2D eigenvalue weighted by molar-refractivity contribution is -0.870. The van der Waals surface area contributed by atoms with Gasteiger partial charge in [-0.25, -0.2) is 0 Å². The molecule has 0 rings (SSSR count). The van der Waals surface area contributed by atoms with Crippen molar-refractivity contribution in [3.05, 3.63) is 109 Å². The SMILES string of the molecule is CCCCC/C=C\C/C=C\C/C=C\C/C=C\CCCCCC(=O)OC[C@H](COP(=O)([O-])OCC[N+](C)(C)C)OC(=O)CCC/C=C\C/C=C\C/C=C\C/C=C\C=C\[C@H](O)CC. The number of likely N-dealkylation sites (N-methyl/N-ethyl adjacent to an activating group) is 1. The molecule has 0 aliphatic carbocycles. The van der Waals surface area contributed by atoms with E-state index < -0.39 is 32.5 Å². The van der Waals surface area contributed by atoms with Crippen LogP contribution < -0.4 is 4.89 Å². The molecule has 0 saturated heterocycles. The van der Waals surface area contributed by atoms with E-state index in [1.807, 2.05) is 58.4 Å². The Hall–Kier alpha value is -3.37. The van der Waals surface area contributed by atoms with E-state index in [4.69, 9.17) is 18.5 Å². The van der Waals surface area contributed by atoms with Gasteiger partial charge in [0.05, 0.1) is 33.9 Å². The Labute approximate surface area is 370 Å². The molecule has 0 aromatic heterocycles. The molecule has 3 atom stereocenters. The van der Waals surface area contributed by atoms with Gasteiger partial charge < -0.3 is 33.0 Å². The van der Waals surface area contributed by atoms with Crippen LogP contribution in [0.25, 0.3) is 0 Å². The largest absolute Gasteiger partial charge is 0.756 e. The number of nitrogens with zero attached hydrogens (tertiary/aromatic N) is 1. The maximum Gasteiger partial charge on any atom is 0.306 e. The van der Waals surface area contributed by atoms with Crippen LogP contribution >= 0.6 is 7.82 Å². The zero-order valence-corrected chi connectivity index (χ0v) is 39.3. The van der Waals surface area contributed by atoms with Gasteiger partial charge in [-0.15, -0.1) is 0 Å². The number of carbonyl (C=O) groups is 2. The van der Waals surface area contributed by atoms with Gasteiger partial charge in [-0.3, -0.25) is 14.2 Å². The van der Waals surface area contributed by atoms with Crippen molar-refractivity contribution >= 4 is 19.8 Å². The van der Waals surface area contributed by atoms with Crippen molar-refractivity contribution in [3.63, 3.8) is 0 Å². The molecule has 11 heteroatoms. The Bertz CT molecular complexity index is 1420. The van der Waals surface area contributed by atoms with Crippen molar-refractivity contribution < 1.29 is 47.2 Å². The summed E-state index contributed by atoms with van der Waals surface area (Å²) in [4.78, 5) is 37.6. The van der Waals surface area contributed by atoms with Crippen LogP contribution in [-0.2, 0) is 32.7 Å². The average molecular weight is 872 g/mol. The zero-order chi connectivity index (χ0) is 45.1. The highest BCUT2D eigenvalue weighted by atomic mass is 31.2. The van der Waals surface area contributed by atoms with Crippen LogP contribution in [0.15, 0.2) is 109 Å². The Kier molecular flexibility index (Phi) is 38.4. The summed E-state index contributed by atoms with van der Waals surface area (Å²) in [6, 6.07) is 0. The number of carbonyl (C=O) groups excluding carboxylic acids is 2. The highest BCUT2D eigenvalue weighted by molar-refractivity contribution is 7.45. The number of rotatable bonds is 39. The smallest absolute Gasteiger partial charge is 0.306 e. The van der Waals surface area contributed by atoms with E-state index in [0.29, 0.717) is 36.7 Å². The summed E-state index contributed by atoms with van der Waals surface area (Å²) in [5, 5.41) is 9.49. The van der Waals surface area contributed by atoms with Crippen LogP contribution in [0, 0.1) is 0 Å². The molecule has 0 amide bonds. The number of hydrogen-bond donors (Lipinski definition) is 1. The van der Waals surface area contributed by atoms with Crippen LogP contribution in [0.1, 0.15) is 136 Å². The highest BCUT2D eigenvalue weighted by Crippen LogP contribution is 2.38. The predicted octanol–water partition coefficient (Wildman–Crippen LogP) is 11.5. The third-order valence-electron chi connectivity index (χ3n) is 8.93. The maximum absolute atomic E-state index is 12.7. The van der Waals surface area contributed by atoms with Gasteiger partial charge in [0.2, 0.25) is 0 Å². The van der Waals surface area contributed by atoms with Crippen LogP contribution in [0.4, 0.5) is 0 Å². The molecule has 0 fully saturated rings. The van der Waals surface area contributed by atoms with Crippen LogP contribution in [0.2, 0.25) is 0 Å². The molecule has 0 aromatic rings. The van der Waals surface area contributed by atoms with Crippen LogP contribution in [0.3, 0.4) is 0 Å². The minimum absolute atomic E-state index is 0.0602. The Balaban J connectivity index is 4.54. The molecule has 10 nitrogen and oxygen atoms in total. The van der Waals surface area contributed by atoms with Crippen molar-refractivity contribution in [2.45, 2.75) is 148 Å². The zero-order valence-electron chi connectivity index (χ0n) is 38.4. The first-order valence-corrected chi connectivity index (χ1v) is 24.2. The van der Waals surface area contributed by atoms with Gasteiger partial charge in [0.15, 0.2) is 6.10 Å². The van der Waals surface area contributed by atoms with Crippen molar-refractivity contribution in [1.82, 2.24) is 0 Å². The van der Waals surface area contributed by atoms with Gasteiger partial charge in [-0.05, 0) is 89.9 Å². The standard InChI is InChI=1S/C50H82NO9P/c1-6-8-9-10-11-12-13-14-15-16-17-18-19-23-26-29-32-35-38-41-49(53)57-45-48(46-59-61(55,56)58-44-43-51(3,4)5)60-50(54)42-39-36-33-30-27-24-21-20-22-25-28-31-34-37-40-47(52)7-2/h11-12,14-15,17-18,21-26,30-31,33-34,37,40,47-48,52H,6-10,13,16,19-20,27-29,32,35-36,38-39,41-46H2,1-5H3/b12-11-,15-14-,18-17-,24-21-,25-22-,26-23-,33-30-,34-31-,40-37+/t47-,48-/m1/s1. The fourth-order valence-electron chi connectivity index (χ4n) is 5.21. The summed E-state index contributed by atoms with van der Waals surface area (Å²) in [7, 11) is 1.07. The lowest BCUT2D eigenvalue weighted by Gasteiger charge is -2.28. The first-order chi connectivity index (χ1) is 29.4. The van der Waals surface area contributed by atoms with E-state index in [1.54, 1.807) is 6.08 Å². The fraction of sp³-hybridized carbons (Fsp3) is 0.600. The molecule has 0 spiro atoms. The van der Waals surface area contributed by atoms with Crippen molar-refractivity contribution in [3.8, 4) is 0 Å². The second-order valence-corrected chi connectivity index (χ2v) is 17.3. The number of phosphoric acid groups is 1. The number of aliphatic hydroxyl groups is 1. The lowest BCUT2D eigenvalue weighted by Crippen LogP contribution is -2.37. The summed E-state index contributed by atoms with van der Waals surface area (Å²) in [5.41, 5.74) is 0. The van der Waals surface area contributed by atoms with E-state index in [-0.39, 0.29) is 32.2 Å². The number of quaternary nitrogens is 1. The molecule has 1 unspecified atom stereocenters. The molecular formula is C50H82NO9P. The first kappa shape index (κ1) is 57.6. The molecule has 1 N–H and O–H groups in total. The van der Waals surface area contributed by atoms with Gasteiger partial charge in [0.1, 0.15) is 19.8 Å². The molecular weight excluding hydrogens is 790 g/mol. The quantitative estimate of drug-likeness (QED) is 0.0160. The first-order valence-electron chi connectivity index (χ1n) is 22.7. The summed E-state index contributed by atoms with van der Waals surface area (Å²) in [6.07, 6.45) is 52.2. The van der Waals surface area contributed by atoms with Crippen LogP contribution in [-0.4, -0.2) is 81.2 Å². The Morgan fingerprint density at radius 3 is 1.62 bits per heavy atom. The minimum Gasteiger partial charge on any atom is -0.756 e.